The molecule has 3 aromatic carbocycles. The molecule has 0 saturated carbocycles. The maximum atomic E-state index is 13.5. The summed E-state index contributed by atoms with van der Waals surface area (Å²) in [6, 6.07) is 18.2. The molecule has 0 atom stereocenters. The number of aryl methyl sites for hydroxylation is 2. The predicted molar refractivity (Wildman–Crippen MR) is 118 cm³/mol. The van der Waals surface area contributed by atoms with Crippen LogP contribution in [0.15, 0.2) is 72.4 Å². The number of halogens is 1. The van der Waals surface area contributed by atoms with E-state index in [9.17, 15) is 14.0 Å². The van der Waals surface area contributed by atoms with Gasteiger partial charge in [-0.1, -0.05) is 30.3 Å². The highest BCUT2D eigenvalue weighted by molar-refractivity contribution is 6.46. The number of hydrogen-bond acceptors (Lipinski definition) is 4. The molecule has 1 heterocycles. The number of anilines is 2. The van der Waals surface area contributed by atoms with Crippen LogP contribution in [0.25, 0.3) is 5.57 Å². The molecule has 3 aromatic rings. The lowest BCUT2D eigenvalue weighted by atomic mass is 10.0. The van der Waals surface area contributed by atoms with Gasteiger partial charge in [-0.05, 0) is 60.9 Å². The molecule has 1 aliphatic rings. The lowest BCUT2D eigenvalue weighted by Crippen LogP contribution is -2.33. The molecule has 2 amide bonds. The minimum absolute atomic E-state index is 0.130. The maximum Gasteiger partial charge on any atom is 0.282 e. The van der Waals surface area contributed by atoms with E-state index in [1.807, 2.05) is 32.0 Å². The number of rotatable bonds is 5. The second-order valence-corrected chi connectivity index (χ2v) is 7.35. The second-order valence-electron chi connectivity index (χ2n) is 7.35. The third-order valence-corrected chi connectivity index (χ3v) is 5.16. The van der Waals surface area contributed by atoms with Crippen molar-refractivity contribution in [3.63, 3.8) is 0 Å². The lowest BCUT2D eigenvalue weighted by Gasteiger charge is -2.18. The molecule has 4 rings (SSSR count). The Morgan fingerprint density at radius 2 is 1.65 bits per heavy atom. The highest BCUT2D eigenvalue weighted by Gasteiger charge is 2.40. The molecule has 1 aliphatic heterocycles. The summed E-state index contributed by atoms with van der Waals surface area (Å²) in [5, 5.41) is 3.09. The molecule has 0 unspecified atom stereocenters. The molecule has 0 aliphatic carbocycles. The summed E-state index contributed by atoms with van der Waals surface area (Å²) in [5.74, 6) is -0.747. The number of carbonyl (C=O) groups is 2. The van der Waals surface area contributed by atoms with Crippen LogP contribution >= 0.6 is 0 Å². The van der Waals surface area contributed by atoms with Gasteiger partial charge >= 0.3 is 0 Å². The van der Waals surface area contributed by atoms with E-state index in [2.05, 4.69) is 5.32 Å². The number of benzene rings is 3. The molecule has 0 bridgehead atoms. The van der Waals surface area contributed by atoms with Crippen LogP contribution in [0.5, 0.6) is 5.75 Å². The van der Waals surface area contributed by atoms with Gasteiger partial charge in [0.1, 0.15) is 17.3 Å². The minimum atomic E-state index is -0.471. The van der Waals surface area contributed by atoms with Gasteiger partial charge in [-0.25, -0.2) is 9.29 Å². The van der Waals surface area contributed by atoms with Crippen molar-refractivity contribution in [1.82, 2.24) is 0 Å². The summed E-state index contributed by atoms with van der Waals surface area (Å²) in [6.45, 7) is 3.75. The van der Waals surface area contributed by atoms with Crippen LogP contribution in [0.1, 0.15) is 16.7 Å². The standard InChI is InChI=1S/C25H21FN2O3/c1-15-7-8-16(2)21(13-15)28-24(29)22(17-9-11-18(26)12-10-17)23(25(28)30)27-19-5-4-6-20(14-19)31-3/h4-14,27H,1-3H3. The lowest BCUT2D eigenvalue weighted by molar-refractivity contribution is -0.120. The highest BCUT2D eigenvalue weighted by atomic mass is 19.1. The maximum absolute atomic E-state index is 13.5. The largest absolute Gasteiger partial charge is 0.497 e. The predicted octanol–water partition coefficient (Wildman–Crippen LogP) is 4.85. The fourth-order valence-electron chi connectivity index (χ4n) is 3.55. The monoisotopic (exact) mass is 416 g/mol. The second kappa shape index (κ2) is 8.07. The van der Waals surface area contributed by atoms with Crippen LogP contribution in [0.3, 0.4) is 0 Å². The quantitative estimate of drug-likeness (QED) is 0.604. The van der Waals surface area contributed by atoms with Crippen molar-refractivity contribution in [2.75, 3.05) is 17.3 Å². The molecule has 31 heavy (non-hydrogen) atoms. The van der Waals surface area contributed by atoms with Gasteiger partial charge in [-0.3, -0.25) is 9.59 Å². The van der Waals surface area contributed by atoms with E-state index < -0.39 is 17.6 Å². The van der Waals surface area contributed by atoms with Crippen molar-refractivity contribution in [3.8, 4) is 5.75 Å². The molecule has 0 saturated heterocycles. The summed E-state index contributed by atoms with van der Waals surface area (Å²) in [6.07, 6.45) is 0. The fraction of sp³-hybridized carbons (Fsp3) is 0.120. The Kier molecular flexibility index (Phi) is 5.29. The molecular weight excluding hydrogens is 395 g/mol. The first-order valence-corrected chi connectivity index (χ1v) is 9.76. The third kappa shape index (κ3) is 3.80. The smallest absolute Gasteiger partial charge is 0.282 e. The van der Waals surface area contributed by atoms with Gasteiger partial charge in [0.25, 0.3) is 11.8 Å². The molecule has 156 valence electrons. The molecule has 0 spiro atoms. The van der Waals surface area contributed by atoms with Crippen molar-refractivity contribution in [3.05, 3.63) is 94.9 Å². The van der Waals surface area contributed by atoms with Gasteiger partial charge in [0.15, 0.2) is 0 Å². The van der Waals surface area contributed by atoms with Crippen molar-refractivity contribution in [2.45, 2.75) is 13.8 Å². The van der Waals surface area contributed by atoms with E-state index in [-0.39, 0.29) is 11.3 Å². The van der Waals surface area contributed by atoms with Crippen molar-refractivity contribution < 1.29 is 18.7 Å². The van der Waals surface area contributed by atoms with E-state index in [4.69, 9.17) is 4.74 Å². The molecular formula is C25H21FN2O3. The van der Waals surface area contributed by atoms with Gasteiger partial charge in [-0.2, -0.15) is 0 Å². The zero-order valence-electron chi connectivity index (χ0n) is 17.4. The number of hydrogen-bond donors (Lipinski definition) is 1. The summed E-state index contributed by atoms with van der Waals surface area (Å²) in [5.41, 5.74) is 3.62. The molecule has 5 nitrogen and oxygen atoms in total. The Morgan fingerprint density at radius 1 is 0.903 bits per heavy atom. The number of imide groups is 1. The molecule has 1 N–H and O–H groups in total. The van der Waals surface area contributed by atoms with E-state index in [0.717, 1.165) is 11.1 Å². The Bertz CT molecular complexity index is 1220. The van der Waals surface area contributed by atoms with Gasteiger partial charge in [-0.15, -0.1) is 0 Å². The Hall–Kier alpha value is -3.93. The topological polar surface area (TPSA) is 58.6 Å². The van der Waals surface area contributed by atoms with Gasteiger partial charge in [0.2, 0.25) is 0 Å². The van der Waals surface area contributed by atoms with Crippen LogP contribution in [-0.2, 0) is 9.59 Å². The fourth-order valence-corrected chi connectivity index (χ4v) is 3.55. The molecule has 0 fully saturated rings. The minimum Gasteiger partial charge on any atom is -0.497 e. The van der Waals surface area contributed by atoms with Crippen molar-refractivity contribution in [2.24, 2.45) is 0 Å². The number of amides is 2. The summed E-state index contributed by atoms with van der Waals surface area (Å²) >= 11 is 0. The van der Waals surface area contributed by atoms with Crippen LogP contribution in [-0.4, -0.2) is 18.9 Å². The number of carbonyl (C=O) groups excluding carboxylic acids is 2. The van der Waals surface area contributed by atoms with Crippen LogP contribution in [0, 0.1) is 19.7 Å². The van der Waals surface area contributed by atoms with E-state index in [0.29, 0.717) is 22.7 Å². The van der Waals surface area contributed by atoms with Gasteiger partial charge in [0, 0.05) is 11.8 Å². The normalized spacial score (nSPS) is 13.7. The number of nitrogens with zero attached hydrogens (tertiary/aromatic N) is 1. The Balaban J connectivity index is 1.84. The Labute approximate surface area is 179 Å². The SMILES string of the molecule is COc1cccc(NC2=C(c3ccc(F)cc3)C(=O)N(c3cc(C)ccc3C)C2=O)c1. The van der Waals surface area contributed by atoms with Crippen LogP contribution in [0.2, 0.25) is 0 Å². The molecule has 0 radical (unpaired) electrons. The Morgan fingerprint density at radius 3 is 2.35 bits per heavy atom. The summed E-state index contributed by atoms with van der Waals surface area (Å²) < 4.78 is 18.8. The highest BCUT2D eigenvalue weighted by Crippen LogP contribution is 2.35. The van der Waals surface area contributed by atoms with Gasteiger partial charge in [0.05, 0.1) is 18.4 Å². The van der Waals surface area contributed by atoms with Crippen LogP contribution in [0.4, 0.5) is 15.8 Å². The van der Waals surface area contributed by atoms with Crippen molar-refractivity contribution in [1.29, 1.82) is 0 Å². The number of methoxy groups -OCH3 is 1. The molecule has 0 aromatic heterocycles. The zero-order chi connectivity index (χ0) is 22.1. The average molecular weight is 416 g/mol. The third-order valence-electron chi connectivity index (χ3n) is 5.16. The number of ether oxygens (including phenoxy) is 1. The average Bonchev–Trinajstić information content (AvgIpc) is 3.00. The van der Waals surface area contributed by atoms with Crippen molar-refractivity contribution >= 4 is 28.8 Å². The zero-order valence-corrected chi connectivity index (χ0v) is 17.4. The summed E-state index contributed by atoms with van der Waals surface area (Å²) in [7, 11) is 1.55. The number of nitrogens with one attached hydrogen (secondary N) is 1. The van der Waals surface area contributed by atoms with Crippen LogP contribution < -0.4 is 15.0 Å². The first kappa shape index (κ1) is 20.3. The molecule has 6 heteroatoms. The van der Waals surface area contributed by atoms with Gasteiger partial charge < -0.3 is 10.1 Å². The first-order chi connectivity index (χ1) is 14.9. The van der Waals surface area contributed by atoms with E-state index >= 15 is 0 Å². The van der Waals surface area contributed by atoms with E-state index in [1.165, 1.54) is 29.2 Å². The summed E-state index contributed by atoms with van der Waals surface area (Å²) in [4.78, 5) is 28.1. The van der Waals surface area contributed by atoms with E-state index in [1.54, 1.807) is 31.4 Å². The first-order valence-electron chi connectivity index (χ1n) is 9.76.